The quantitative estimate of drug-likeness (QED) is 0.309. The van der Waals surface area contributed by atoms with E-state index in [4.69, 9.17) is 19.4 Å². The number of anilines is 3. The van der Waals surface area contributed by atoms with Gasteiger partial charge in [-0.2, -0.15) is 15.1 Å². The van der Waals surface area contributed by atoms with Gasteiger partial charge in [0.05, 0.1) is 32.6 Å². The van der Waals surface area contributed by atoms with Crippen molar-refractivity contribution in [3.63, 3.8) is 0 Å². The summed E-state index contributed by atoms with van der Waals surface area (Å²) in [4.78, 5) is 14.0. The molecule has 2 saturated heterocycles. The van der Waals surface area contributed by atoms with Crippen molar-refractivity contribution < 1.29 is 9.47 Å². The Morgan fingerprint density at radius 1 is 0.838 bits per heavy atom. The van der Waals surface area contributed by atoms with Crippen molar-refractivity contribution in [3.8, 4) is 0 Å². The number of aromatic nitrogens is 3. The molecule has 190 valence electrons. The highest BCUT2D eigenvalue weighted by molar-refractivity contribution is 5.99. The predicted molar refractivity (Wildman–Crippen MR) is 147 cm³/mol. The van der Waals surface area contributed by atoms with E-state index in [9.17, 15) is 0 Å². The summed E-state index contributed by atoms with van der Waals surface area (Å²) in [6.45, 7) is 6.73. The first-order valence-electron chi connectivity index (χ1n) is 12.8. The van der Waals surface area contributed by atoms with Crippen LogP contribution in [0.25, 0.3) is 10.9 Å². The summed E-state index contributed by atoms with van der Waals surface area (Å²) < 4.78 is 13.3. The maximum atomic E-state index is 5.53. The zero-order valence-electron chi connectivity index (χ0n) is 20.8. The van der Waals surface area contributed by atoms with E-state index in [-0.39, 0.29) is 0 Å². The second kappa shape index (κ2) is 11.0. The van der Waals surface area contributed by atoms with Crippen molar-refractivity contribution >= 4 is 34.7 Å². The molecule has 2 aromatic heterocycles. The van der Waals surface area contributed by atoms with E-state index in [1.54, 1.807) is 0 Å². The minimum Gasteiger partial charge on any atom is -0.378 e. The number of fused-ring (bicyclic) bond motifs is 1. The van der Waals surface area contributed by atoms with E-state index < -0.39 is 0 Å². The number of rotatable bonds is 7. The van der Waals surface area contributed by atoms with E-state index in [0.29, 0.717) is 38.2 Å². The van der Waals surface area contributed by atoms with Gasteiger partial charge in [0.2, 0.25) is 5.95 Å². The molecule has 4 heterocycles. The molecule has 9 nitrogen and oxygen atoms in total. The third-order valence-corrected chi connectivity index (χ3v) is 6.73. The lowest BCUT2D eigenvalue weighted by atomic mass is 10.2. The zero-order chi connectivity index (χ0) is 24.9. The van der Waals surface area contributed by atoms with Crippen molar-refractivity contribution in [1.29, 1.82) is 0 Å². The molecule has 2 aliphatic rings. The summed E-state index contributed by atoms with van der Waals surface area (Å²) >= 11 is 0. The van der Waals surface area contributed by atoms with Gasteiger partial charge in [-0.1, -0.05) is 48.5 Å². The van der Waals surface area contributed by atoms with E-state index in [1.165, 1.54) is 11.1 Å². The number of hydrazone groups is 1. The fourth-order valence-corrected chi connectivity index (χ4v) is 4.80. The molecule has 0 unspecified atom stereocenters. The third-order valence-electron chi connectivity index (χ3n) is 6.73. The first kappa shape index (κ1) is 23.4. The molecule has 0 atom stereocenters. The summed E-state index contributed by atoms with van der Waals surface area (Å²) in [5, 5.41) is 5.75. The van der Waals surface area contributed by atoms with Crippen LogP contribution in [-0.4, -0.2) is 73.4 Å². The molecule has 0 radical (unpaired) electrons. The van der Waals surface area contributed by atoms with E-state index >= 15 is 0 Å². The normalized spacial score (nSPS) is 16.5. The molecule has 0 amide bonds. The SMILES string of the molecule is C(=N\Nc1cc(N2CCOCC2)nc(N2CCOCC2)n1)/c1cn(Cc2ccccc2)c2ccccc12. The fraction of sp³-hybridized carbons (Fsp3) is 0.321. The standard InChI is InChI=1S/C28H31N7O2/c1-2-6-22(7-3-1)20-35-21-23(24-8-4-5-9-25(24)35)19-29-32-26-18-27(33-10-14-36-15-11-33)31-28(30-26)34-12-16-37-17-13-34/h1-9,18-19,21H,10-17,20H2,(H,30,31,32)/b29-19+. The molecule has 6 rings (SSSR count). The van der Waals surface area contributed by atoms with Gasteiger partial charge in [0.1, 0.15) is 5.82 Å². The van der Waals surface area contributed by atoms with Crippen molar-refractivity contribution in [3.05, 3.63) is 78.0 Å². The van der Waals surface area contributed by atoms with Gasteiger partial charge in [-0.05, 0) is 11.6 Å². The number of benzene rings is 2. The van der Waals surface area contributed by atoms with Crippen molar-refractivity contribution in [2.24, 2.45) is 5.10 Å². The minimum atomic E-state index is 0.669. The van der Waals surface area contributed by atoms with Gasteiger partial charge in [0.15, 0.2) is 5.82 Å². The van der Waals surface area contributed by atoms with Gasteiger partial charge in [-0.3, -0.25) is 5.43 Å². The summed E-state index contributed by atoms with van der Waals surface area (Å²) in [5.74, 6) is 2.25. The summed E-state index contributed by atoms with van der Waals surface area (Å²) in [7, 11) is 0. The maximum absolute atomic E-state index is 5.53. The smallest absolute Gasteiger partial charge is 0.229 e. The Bertz CT molecular complexity index is 1320. The van der Waals surface area contributed by atoms with Crippen LogP contribution in [0.4, 0.5) is 17.6 Å². The average Bonchev–Trinajstić information content (AvgIpc) is 3.31. The van der Waals surface area contributed by atoms with E-state index in [2.05, 4.69) is 79.6 Å². The number of hydrogen-bond donors (Lipinski definition) is 1. The van der Waals surface area contributed by atoms with Crippen molar-refractivity contribution in [1.82, 2.24) is 14.5 Å². The van der Waals surface area contributed by atoms with Crippen LogP contribution in [0, 0.1) is 0 Å². The Labute approximate surface area is 216 Å². The molecule has 2 aliphatic heterocycles. The van der Waals surface area contributed by atoms with Crippen LogP contribution < -0.4 is 15.2 Å². The maximum Gasteiger partial charge on any atom is 0.229 e. The number of nitrogens with zero attached hydrogens (tertiary/aromatic N) is 6. The van der Waals surface area contributed by atoms with Crippen LogP contribution in [0.3, 0.4) is 0 Å². The molecule has 4 aromatic rings. The summed E-state index contributed by atoms with van der Waals surface area (Å²) in [6, 6.07) is 20.9. The molecular formula is C28H31N7O2. The van der Waals surface area contributed by atoms with Crippen molar-refractivity contribution in [2.75, 3.05) is 67.8 Å². The number of morpholine rings is 2. The highest BCUT2D eigenvalue weighted by Crippen LogP contribution is 2.24. The topological polar surface area (TPSA) is 80.0 Å². The number of nitrogens with one attached hydrogen (secondary N) is 1. The monoisotopic (exact) mass is 497 g/mol. The van der Waals surface area contributed by atoms with Crippen LogP contribution in [0.2, 0.25) is 0 Å². The van der Waals surface area contributed by atoms with Crippen LogP contribution >= 0.6 is 0 Å². The second-order valence-corrected chi connectivity index (χ2v) is 9.20. The molecule has 0 spiro atoms. The largest absolute Gasteiger partial charge is 0.378 e. The first-order valence-corrected chi connectivity index (χ1v) is 12.8. The summed E-state index contributed by atoms with van der Waals surface area (Å²) in [5.41, 5.74) is 6.66. The summed E-state index contributed by atoms with van der Waals surface area (Å²) in [6.07, 6.45) is 4.02. The Morgan fingerprint density at radius 2 is 1.54 bits per heavy atom. The molecule has 1 N–H and O–H groups in total. The van der Waals surface area contributed by atoms with Gasteiger partial charge >= 0.3 is 0 Å². The van der Waals surface area contributed by atoms with E-state index in [1.807, 2.05) is 18.3 Å². The fourth-order valence-electron chi connectivity index (χ4n) is 4.80. The van der Waals surface area contributed by atoms with E-state index in [0.717, 1.165) is 49.5 Å². The molecule has 37 heavy (non-hydrogen) atoms. The molecule has 9 heteroatoms. The lowest BCUT2D eigenvalue weighted by Gasteiger charge is -2.31. The molecule has 2 aromatic carbocycles. The third kappa shape index (κ3) is 5.42. The Hall–Kier alpha value is -3.95. The second-order valence-electron chi connectivity index (χ2n) is 9.20. The Balaban J connectivity index is 1.26. The average molecular weight is 498 g/mol. The number of para-hydroxylation sites is 1. The minimum absolute atomic E-state index is 0.669. The molecule has 2 fully saturated rings. The lowest BCUT2D eigenvalue weighted by Crippen LogP contribution is -2.39. The van der Waals surface area contributed by atoms with Gasteiger partial charge in [0, 0.05) is 61.5 Å². The Morgan fingerprint density at radius 3 is 2.32 bits per heavy atom. The van der Waals surface area contributed by atoms with Crippen LogP contribution in [0.5, 0.6) is 0 Å². The first-order chi connectivity index (χ1) is 18.3. The van der Waals surface area contributed by atoms with Crippen molar-refractivity contribution in [2.45, 2.75) is 6.54 Å². The van der Waals surface area contributed by atoms with Gasteiger partial charge in [0.25, 0.3) is 0 Å². The highest BCUT2D eigenvalue weighted by atomic mass is 16.5. The molecule has 0 saturated carbocycles. The highest BCUT2D eigenvalue weighted by Gasteiger charge is 2.19. The number of hydrogen-bond acceptors (Lipinski definition) is 8. The predicted octanol–water partition coefficient (Wildman–Crippen LogP) is 3.60. The van der Waals surface area contributed by atoms with Crippen LogP contribution in [-0.2, 0) is 16.0 Å². The number of ether oxygens (including phenoxy) is 2. The van der Waals surface area contributed by atoms with Gasteiger partial charge in [-0.25, -0.2) is 0 Å². The lowest BCUT2D eigenvalue weighted by molar-refractivity contribution is 0.121. The molecule has 0 aliphatic carbocycles. The Kier molecular flexibility index (Phi) is 6.96. The van der Waals surface area contributed by atoms with Gasteiger partial charge < -0.3 is 23.8 Å². The van der Waals surface area contributed by atoms with Gasteiger partial charge in [-0.15, -0.1) is 0 Å². The zero-order valence-corrected chi connectivity index (χ0v) is 20.8. The molecule has 0 bridgehead atoms. The van der Waals surface area contributed by atoms with Crippen LogP contribution in [0.1, 0.15) is 11.1 Å². The van der Waals surface area contributed by atoms with Crippen LogP contribution in [0.15, 0.2) is 72.0 Å². The molecular weight excluding hydrogens is 466 g/mol.